The Morgan fingerprint density at radius 3 is 1.62 bits per heavy atom. The molecule has 0 aliphatic carbocycles. The summed E-state index contributed by atoms with van der Waals surface area (Å²) >= 11 is 0. The Balaban J connectivity index is 0.000000252. The summed E-state index contributed by atoms with van der Waals surface area (Å²) in [5, 5.41) is 0. The lowest BCUT2D eigenvalue weighted by Gasteiger charge is -1.90. The second kappa shape index (κ2) is 7.77. The van der Waals surface area contributed by atoms with Gasteiger partial charge in [0.2, 0.25) is 0 Å². The van der Waals surface area contributed by atoms with Crippen LogP contribution < -0.4 is 0 Å². The molecule has 0 saturated carbocycles. The van der Waals surface area contributed by atoms with Crippen LogP contribution in [0.15, 0.2) is 24.3 Å². The maximum Gasteiger partial charge on any atom is 0.145 e. The van der Waals surface area contributed by atoms with Crippen molar-refractivity contribution in [1.82, 2.24) is 0 Å². The predicted octanol–water partition coefficient (Wildman–Crippen LogP) is 2.54. The number of ether oxygens (including phenoxy) is 2. The van der Waals surface area contributed by atoms with Gasteiger partial charge < -0.3 is 9.47 Å². The van der Waals surface area contributed by atoms with Crippen LogP contribution in [0.1, 0.15) is 11.1 Å². The average Bonchev–Trinajstić information content (AvgIpc) is 2.06. The van der Waals surface area contributed by atoms with Crippen molar-refractivity contribution in [2.75, 3.05) is 21.0 Å². The Morgan fingerprint density at radius 2 is 1.46 bits per heavy atom. The van der Waals surface area contributed by atoms with Crippen molar-refractivity contribution in [1.29, 1.82) is 0 Å². The molecular formula is C11H18O2. The van der Waals surface area contributed by atoms with Gasteiger partial charge in [0.25, 0.3) is 0 Å². The Bertz CT molecular complexity index is 202. The van der Waals surface area contributed by atoms with Gasteiger partial charge in [-0.15, -0.1) is 0 Å². The molecule has 1 rings (SSSR count). The second-order valence-electron chi connectivity index (χ2n) is 2.85. The van der Waals surface area contributed by atoms with Gasteiger partial charge in [-0.2, -0.15) is 0 Å². The van der Waals surface area contributed by atoms with E-state index < -0.39 is 0 Å². The summed E-state index contributed by atoms with van der Waals surface area (Å²) < 4.78 is 8.94. The molecule has 1 aromatic rings. The molecule has 0 heterocycles. The third-order valence-electron chi connectivity index (χ3n) is 1.41. The summed E-state index contributed by atoms with van der Waals surface area (Å²) in [6, 6.07) is 8.45. The van der Waals surface area contributed by atoms with Gasteiger partial charge in [-0.1, -0.05) is 35.4 Å². The molecule has 13 heavy (non-hydrogen) atoms. The summed E-state index contributed by atoms with van der Waals surface area (Å²) in [7, 11) is 3.17. The molecule has 0 radical (unpaired) electrons. The minimum atomic E-state index is 0.389. The molecule has 2 heteroatoms. The van der Waals surface area contributed by atoms with E-state index in [-0.39, 0.29) is 0 Å². The summed E-state index contributed by atoms with van der Waals surface area (Å²) in [5.41, 5.74) is 2.68. The van der Waals surface area contributed by atoms with E-state index in [1.54, 1.807) is 14.2 Å². The first-order valence-corrected chi connectivity index (χ1v) is 4.22. The zero-order chi connectivity index (χ0) is 10.1. The number of hydrogen-bond donors (Lipinski definition) is 0. The van der Waals surface area contributed by atoms with E-state index in [9.17, 15) is 0 Å². The Kier molecular flexibility index (Phi) is 7.26. The molecule has 0 amide bonds. The van der Waals surface area contributed by atoms with Crippen LogP contribution in [0.3, 0.4) is 0 Å². The molecule has 2 nitrogen and oxygen atoms in total. The van der Waals surface area contributed by atoms with Crippen molar-refractivity contribution in [3.63, 3.8) is 0 Å². The van der Waals surface area contributed by atoms with E-state index >= 15 is 0 Å². The van der Waals surface area contributed by atoms with Crippen LogP contribution >= 0.6 is 0 Å². The van der Waals surface area contributed by atoms with Crippen LogP contribution in [-0.2, 0) is 9.47 Å². The van der Waals surface area contributed by atoms with Crippen molar-refractivity contribution in [2.24, 2.45) is 0 Å². The molecule has 0 aromatic heterocycles. The monoisotopic (exact) mass is 182 g/mol. The largest absolute Gasteiger partial charge is 0.359 e. The van der Waals surface area contributed by atoms with E-state index in [0.717, 1.165) is 0 Å². The third kappa shape index (κ3) is 7.50. The van der Waals surface area contributed by atoms with Crippen LogP contribution in [0.25, 0.3) is 0 Å². The SMILES string of the molecule is COCOC.Cc1cccc(C)c1. The number of methoxy groups -OCH3 is 2. The molecule has 1 aromatic carbocycles. The van der Waals surface area contributed by atoms with Gasteiger partial charge in [0.15, 0.2) is 0 Å². The maximum absolute atomic E-state index is 4.47. The van der Waals surface area contributed by atoms with Crippen molar-refractivity contribution < 1.29 is 9.47 Å². The maximum atomic E-state index is 4.47. The fourth-order valence-corrected chi connectivity index (χ4v) is 0.925. The fourth-order valence-electron chi connectivity index (χ4n) is 0.925. The number of benzene rings is 1. The van der Waals surface area contributed by atoms with Crippen LogP contribution in [-0.4, -0.2) is 21.0 Å². The molecule has 0 saturated heterocycles. The molecule has 0 spiro atoms. The van der Waals surface area contributed by atoms with Gasteiger partial charge in [0.1, 0.15) is 6.79 Å². The topological polar surface area (TPSA) is 18.5 Å². The summed E-state index contributed by atoms with van der Waals surface area (Å²) in [6.07, 6.45) is 0. The first-order chi connectivity index (χ1) is 6.20. The van der Waals surface area contributed by atoms with Crippen molar-refractivity contribution >= 4 is 0 Å². The molecular weight excluding hydrogens is 164 g/mol. The van der Waals surface area contributed by atoms with E-state index in [1.807, 2.05) is 0 Å². The van der Waals surface area contributed by atoms with Gasteiger partial charge in [-0.25, -0.2) is 0 Å². The molecule has 0 bridgehead atoms. The lowest BCUT2D eigenvalue weighted by Crippen LogP contribution is -1.87. The highest BCUT2D eigenvalue weighted by atomic mass is 16.6. The first kappa shape index (κ1) is 12.1. The Morgan fingerprint density at radius 1 is 1.00 bits per heavy atom. The normalized spacial score (nSPS) is 8.92. The first-order valence-electron chi connectivity index (χ1n) is 4.22. The predicted molar refractivity (Wildman–Crippen MR) is 54.8 cm³/mol. The smallest absolute Gasteiger partial charge is 0.145 e. The molecule has 74 valence electrons. The van der Waals surface area contributed by atoms with E-state index in [0.29, 0.717) is 6.79 Å². The van der Waals surface area contributed by atoms with Crippen LogP contribution in [0.5, 0.6) is 0 Å². The Hall–Kier alpha value is -0.860. The molecule has 0 fully saturated rings. The Labute approximate surface area is 80.5 Å². The van der Waals surface area contributed by atoms with E-state index in [4.69, 9.17) is 0 Å². The number of aryl methyl sites for hydroxylation is 2. The molecule has 0 N–H and O–H groups in total. The van der Waals surface area contributed by atoms with Gasteiger partial charge in [0.05, 0.1) is 0 Å². The quantitative estimate of drug-likeness (QED) is 0.654. The molecule has 0 atom stereocenters. The third-order valence-corrected chi connectivity index (χ3v) is 1.41. The zero-order valence-electron chi connectivity index (χ0n) is 8.83. The second-order valence-corrected chi connectivity index (χ2v) is 2.85. The molecule has 0 aliphatic rings. The fraction of sp³-hybridized carbons (Fsp3) is 0.455. The van der Waals surface area contributed by atoms with Crippen molar-refractivity contribution in [2.45, 2.75) is 13.8 Å². The van der Waals surface area contributed by atoms with Crippen LogP contribution in [0, 0.1) is 13.8 Å². The van der Waals surface area contributed by atoms with E-state index in [2.05, 4.69) is 47.6 Å². The zero-order valence-corrected chi connectivity index (χ0v) is 8.83. The van der Waals surface area contributed by atoms with Crippen LogP contribution in [0.2, 0.25) is 0 Å². The standard InChI is InChI=1S/C8H10.C3H8O2/c1-7-4-3-5-8(2)6-7;1-4-3-5-2/h3-6H,1-2H3;3H2,1-2H3. The minimum absolute atomic E-state index is 0.389. The summed E-state index contributed by atoms with van der Waals surface area (Å²) in [4.78, 5) is 0. The van der Waals surface area contributed by atoms with E-state index in [1.165, 1.54) is 11.1 Å². The summed E-state index contributed by atoms with van der Waals surface area (Å²) in [6.45, 7) is 4.60. The highest BCUT2D eigenvalue weighted by Gasteiger charge is 1.80. The van der Waals surface area contributed by atoms with Gasteiger partial charge >= 0.3 is 0 Å². The average molecular weight is 182 g/mol. The minimum Gasteiger partial charge on any atom is -0.359 e. The highest BCUT2D eigenvalue weighted by molar-refractivity contribution is 5.20. The van der Waals surface area contributed by atoms with Gasteiger partial charge in [-0.3, -0.25) is 0 Å². The lowest BCUT2D eigenvalue weighted by atomic mass is 10.2. The van der Waals surface area contributed by atoms with Crippen molar-refractivity contribution in [3.05, 3.63) is 35.4 Å². The van der Waals surface area contributed by atoms with Crippen LogP contribution in [0.4, 0.5) is 0 Å². The summed E-state index contributed by atoms with van der Waals surface area (Å²) in [5.74, 6) is 0. The van der Waals surface area contributed by atoms with Gasteiger partial charge in [-0.05, 0) is 13.8 Å². The molecule has 0 aliphatic heterocycles. The number of hydrogen-bond acceptors (Lipinski definition) is 2. The van der Waals surface area contributed by atoms with Crippen molar-refractivity contribution in [3.8, 4) is 0 Å². The molecule has 0 unspecified atom stereocenters. The number of rotatable bonds is 2. The highest BCUT2D eigenvalue weighted by Crippen LogP contribution is 2.00. The van der Waals surface area contributed by atoms with Gasteiger partial charge in [0, 0.05) is 14.2 Å². The lowest BCUT2D eigenvalue weighted by molar-refractivity contribution is -0.00271.